The largest absolute Gasteiger partial charge is 0.484 e. The predicted molar refractivity (Wildman–Crippen MR) is 77.5 cm³/mol. The van der Waals surface area contributed by atoms with Crippen molar-refractivity contribution in [3.8, 4) is 5.75 Å². The molecule has 1 saturated carbocycles. The van der Waals surface area contributed by atoms with Crippen LogP contribution in [0, 0.1) is 0 Å². The monoisotopic (exact) mass is 276 g/mol. The van der Waals surface area contributed by atoms with Gasteiger partial charge in [0.25, 0.3) is 5.91 Å². The summed E-state index contributed by atoms with van der Waals surface area (Å²) in [4.78, 5) is 14.8. The van der Waals surface area contributed by atoms with E-state index in [0.717, 1.165) is 11.5 Å². The van der Waals surface area contributed by atoms with Gasteiger partial charge in [-0.15, -0.1) is 0 Å². The second-order valence-electron chi connectivity index (χ2n) is 4.75. The van der Waals surface area contributed by atoms with Gasteiger partial charge in [-0.3, -0.25) is 9.79 Å². The lowest BCUT2D eigenvalue weighted by Gasteiger charge is -2.12. The maximum atomic E-state index is 10.7. The van der Waals surface area contributed by atoms with E-state index in [1.54, 1.807) is 13.1 Å². The Morgan fingerprint density at radius 3 is 2.95 bits per heavy atom. The van der Waals surface area contributed by atoms with Crippen LogP contribution in [0.5, 0.6) is 5.75 Å². The Morgan fingerprint density at radius 2 is 2.30 bits per heavy atom. The Balaban J connectivity index is 1.85. The van der Waals surface area contributed by atoms with E-state index in [1.807, 2.05) is 18.2 Å². The van der Waals surface area contributed by atoms with Crippen molar-refractivity contribution in [3.63, 3.8) is 0 Å². The molecule has 108 valence electrons. The van der Waals surface area contributed by atoms with E-state index < -0.39 is 5.91 Å². The predicted octanol–water partition coefficient (Wildman–Crippen LogP) is 0.378. The van der Waals surface area contributed by atoms with E-state index in [0.29, 0.717) is 18.3 Å². The van der Waals surface area contributed by atoms with Gasteiger partial charge < -0.3 is 21.1 Å². The number of ether oxygens (including phenoxy) is 1. The van der Waals surface area contributed by atoms with Gasteiger partial charge in [0.15, 0.2) is 12.6 Å². The average Bonchev–Trinajstić information content (AvgIpc) is 3.25. The number of amides is 1. The number of nitrogens with two attached hydrogens (primary N) is 1. The number of primary amides is 1. The molecule has 1 aliphatic rings. The van der Waals surface area contributed by atoms with Crippen molar-refractivity contribution in [2.75, 3.05) is 13.7 Å². The molecule has 0 bridgehead atoms. The molecule has 6 heteroatoms. The van der Waals surface area contributed by atoms with Crippen molar-refractivity contribution < 1.29 is 9.53 Å². The molecule has 0 saturated heterocycles. The summed E-state index contributed by atoms with van der Waals surface area (Å²) in [6, 6.07) is 8.09. The lowest BCUT2D eigenvalue weighted by molar-refractivity contribution is -0.119. The second kappa shape index (κ2) is 6.79. The van der Waals surface area contributed by atoms with Crippen LogP contribution >= 0.6 is 0 Å². The quantitative estimate of drug-likeness (QED) is 0.517. The van der Waals surface area contributed by atoms with Crippen LogP contribution in [0.3, 0.4) is 0 Å². The number of hydrogen-bond donors (Lipinski definition) is 3. The van der Waals surface area contributed by atoms with Gasteiger partial charge >= 0.3 is 0 Å². The van der Waals surface area contributed by atoms with Crippen LogP contribution in [-0.4, -0.2) is 31.6 Å². The van der Waals surface area contributed by atoms with Gasteiger partial charge in [-0.2, -0.15) is 0 Å². The van der Waals surface area contributed by atoms with Crippen molar-refractivity contribution in [1.29, 1.82) is 0 Å². The lowest BCUT2D eigenvalue weighted by Crippen LogP contribution is -2.38. The molecule has 1 amide bonds. The normalized spacial score (nSPS) is 14.8. The molecule has 0 aromatic heterocycles. The molecule has 0 radical (unpaired) electrons. The number of hydrogen-bond acceptors (Lipinski definition) is 3. The highest BCUT2D eigenvalue weighted by Crippen LogP contribution is 2.18. The second-order valence-corrected chi connectivity index (χ2v) is 4.75. The highest BCUT2D eigenvalue weighted by Gasteiger charge is 2.21. The Morgan fingerprint density at radius 1 is 1.50 bits per heavy atom. The van der Waals surface area contributed by atoms with E-state index >= 15 is 0 Å². The van der Waals surface area contributed by atoms with Crippen LogP contribution in [0.1, 0.15) is 18.4 Å². The number of carbonyl (C=O) groups is 1. The van der Waals surface area contributed by atoms with Crippen LogP contribution in [-0.2, 0) is 11.3 Å². The summed E-state index contributed by atoms with van der Waals surface area (Å²) in [5.74, 6) is 0.951. The van der Waals surface area contributed by atoms with E-state index in [-0.39, 0.29) is 6.61 Å². The summed E-state index contributed by atoms with van der Waals surface area (Å²) in [5, 5.41) is 6.55. The van der Waals surface area contributed by atoms with Crippen LogP contribution < -0.4 is 21.1 Å². The zero-order valence-electron chi connectivity index (χ0n) is 11.6. The van der Waals surface area contributed by atoms with E-state index in [4.69, 9.17) is 10.5 Å². The molecule has 1 aromatic rings. The van der Waals surface area contributed by atoms with E-state index in [9.17, 15) is 4.79 Å². The molecule has 1 aliphatic carbocycles. The minimum absolute atomic E-state index is 0.109. The van der Waals surface area contributed by atoms with Gasteiger partial charge in [0.05, 0.1) is 0 Å². The zero-order valence-corrected chi connectivity index (χ0v) is 11.6. The van der Waals surface area contributed by atoms with Crippen molar-refractivity contribution in [2.24, 2.45) is 10.7 Å². The van der Waals surface area contributed by atoms with Gasteiger partial charge in [-0.25, -0.2) is 0 Å². The molecule has 0 spiro atoms. The average molecular weight is 276 g/mol. The molecule has 4 N–H and O–H groups in total. The summed E-state index contributed by atoms with van der Waals surface area (Å²) < 4.78 is 5.27. The highest BCUT2D eigenvalue weighted by molar-refractivity contribution is 5.80. The van der Waals surface area contributed by atoms with Gasteiger partial charge in [0.2, 0.25) is 0 Å². The molecule has 0 unspecified atom stereocenters. The number of nitrogens with one attached hydrogen (secondary N) is 2. The van der Waals surface area contributed by atoms with Crippen LogP contribution in [0.25, 0.3) is 0 Å². The van der Waals surface area contributed by atoms with Gasteiger partial charge in [0.1, 0.15) is 5.75 Å². The fourth-order valence-corrected chi connectivity index (χ4v) is 1.70. The number of carbonyl (C=O) groups excluding carboxylic acids is 1. The van der Waals surface area contributed by atoms with Gasteiger partial charge in [0, 0.05) is 19.6 Å². The fraction of sp³-hybridized carbons (Fsp3) is 0.429. The molecular formula is C14H20N4O2. The van der Waals surface area contributed by atoms with Crippen LogP contribution in [0.2, 0.25) is 0 Å². The Kier molecular flexibility index (Phi) is 4.81. The first-order valence-electron chi connectivity index (χ1n) is 6.64. The Hall–Kier alpha value is -2.24. The number of aliphatic imine (C=N–C) groups is 1. The smallest absolute Gasteiger partial charge is 0.255 e. The molecule has 1 fully saturated rings. The first kappa shape index (κ1) is 14.2. The van der Waals surface area contributed by atoms with Crippen molar-refractivity contribution in [2.45, 2.75) is 25.4 Å². The molecule has 0 aliphatic heterocycles. The fourth-order valence-electron chi connectivity index (χ4n) is 1.70. The van der Waals surface area contributed by atoms with Crippen LogP contribution in [0.4, 0.5) is 0 Å². The van der Waals surface area contributed by atoms with Crippen molar-refractivity contribution in [1.82, 2.24) is 10.6 Å². The highest BCUT2D eigenvalue weighted by atomic mass is 16.5. The van der Waals surface area contributed by atoms with E-state index in [1.165, 1.54) is 12.8 Å². The zero-order chi connectivity index (χ0) is 14.4. The summed E-state index contributed by atoms with van der Waals surface area (Å²) in [6.45, 7) is 0.530. The third-order valence-electron chi connectivity index (χ3n) is 2.88. The maximum absolute atomic E-state index is 10.7. The number of guanidine groups is 1. The maximum Gasteiger partial charge on any atom is 0.255 e. The van der Waals surface area contributed by atoms with Crippen LogP contribution in [0.15, 0.2) is 29.3 Å². The SMILES string of the molecule is CN=C(NCc1cccc(OCC(N)=O)c1)NC1CC1. The Bertz CT molecular complexity index is 498. The molecule has 2 rings (SSSR count). The van der Waals surface area contributed by atoms with E-state index in [2.05, 4.69) is 15.6 Å². The first-order chi connectivity index (χ1) is 9.67. The molecule has 0 heterocycles. The molecular weight excluding hydrogens is 256 g/mol. The summed E-state index contributed by atoms with van der Waals surface area (Å²) in [7, 11) is 1.75. The standard InChI is InChI=1S/C14H20N4O2/c1-16-14(18-11-5-6-11)17-8-10-3-2-4-12(7-10)20-9-13(15)19/h2-4,7,11H,5-6,8-9H2,1H3,(H2,15,19)(H2,16,17,18). The lowest BCUT2D eigenvalue weighted by atomic mass is 10.2. The summed E-state index contributed by atoms with van der Waals surface area (Å²) in [5.41, 5.74) is 6.09. The third-order valence-corrected chi connectivity index (χ3v) is 2.88. The minimum Gasteiger partial charge on any atom is -0.484 e. The molecule has 20 heavy (non-hydrogen) atoms. The van der Waals surface area contributed by atoms with Crippen molar-refractivity contribution in [3.05, 3.63) is 29.8 Å². The molecule has 1 aromatic carbocycles. The topological polar surface area (TPSA) is 88.7 Å². The van der Waals surface area contributed by atoms with Gasteiger partial charge in [-0.05, 0) is 30.5 Å². The molecule has 6 nitrogen and oxygen atoms in total. The first-order valence-corrected chi connectivity index (χ1v) is 6.64. The van der Waals surface area contributed by atoms with Crippen molar-refractivity contribution >= 4 is 11.9 Å². The summed E-state index contributed by atoms with van der Waals surface area (Å²) in [6.07, 6.45) is 2.41. The number of rotatable bonds is 6. The number of benzene rings is 1. The van der Waals surface area contributed by atoms with Gasteiger partial charge in [-0.1, -0.05) is 12.1 Å². The minimum atomic E-state index is -0.484. The molecule has 0 atom stereocenters. The Labute approximate surface area is 118 Å². The summed E-state index contributed by atoms with van der Waals surface area (Å²) >= 11 is 0. The third kappa shape index (κ3) is 4.79. The number of nitrogens with zero attached hydrogens (tertiary/aromatic N) is 1.